The van der Waals surface area contributed by atoms with Crippen molar-refractivity contribution in [3.05, 3.63) is 0 Å². The van der Waals surface area contributed by atoms with E-state index in [1.165, 1.54) is 32.1 Å². The van der Waals surface area contributed by atoms with Crippen LogP contribution in [0, 0.1) is 23.7 Å². The Morgan fingerprint density at radius 3 is 2.26 bits per heavy atom. The highest BCUT2D eigenvalue weighted by molar-refractivity contribution is 5.74. The molecular weight excluding hydrogens is 292 g/mol. The lowest BCUT2D eigenvalue weighted by atomic mass is 9.54. The molecule has 5 fully saturated rings. The zero-order chi connectivity index (χ0) is 15.9. The van der Waals surface area contributed by atoms with Crippen LogP contribution in [0.15, 0.2) is 0 Å². The standard InChI is InChI=1S/C18H30N2O3/c1-22-18(2-4-23-5-3-18)11-19-17(21)20-16-14-7-12-6-13(9-14)10-15(16)8-12/h12-16H,2-11H2,1H3,(H2,19,20,21). The van der Waals surface area contributed by atoms with Crippen LogP contribution in [-0.2, 0) is 9.47 Å². The van der Waals surface area contributed by atoms with Crippen LogP contribution in [0.3, 0.4) is 0 Å². The van der Waals surface area contributed by atoms with Gasteiger partial charge in [0.25, 0.3) is 0 Å². The van der Waals surface area contributed by atoms with Gasteiger partial charge in [0.05, 0.1) is 5.60 Å². The van der Waals surface area contributed by atoms with Gasteiger partial charge in [-0.1, -0.05) is 0 Å². The SMILES string of the molecule is COC1(CNC(=O)NC2C3CC4CC(C3)CC2C4)CCOCC1. The number of carbonyl (C=O) groups excluding carboxylic acids is 1. The summed E-state index contributed by atoms with van der Waals surface area (Å²) in [6.45, 7) is 2.01. The quantitative estimate of drug-likeness (QED) is 0.835. The fraction of sp³-hybridized carbons (Fsp3) is 0.944. The van der Waals surface area contributed by atoms with E-state index in [-0.39, 0.29) is 11.6 Å². The van der Waals surface area contributed by atoms with Crippen molar-refractivity contribution < 1.29 is 14.3 Å². The summed E-state index contributed by atoms with van der Waals surface area (Å²) in [5.74, 6) is 3.32. The third-order valence-corrected chi connectivity index (χ3v) is 6.93. The number of amides is 2. The molecule has 4 bridgehead atoms. The molecule has 1 aliphatic heterocycles. The lowest BCUT2D eigenvalue weighted by Gasteiger charge is -2.54. The van der Waals surface area contributed by atoms with Gasteiger partial charge in [0.2, 0.25) is 0 Å². The predicted molar refractivity (Wildman–Crippen MR) is 87.2 cm³/mol. The molecular formula is C18H30N2O3. The van der Waals surface area contributed by atoms with Gasteiger partial charge >= 0.3 is 6.03 Å². The Balaban J connectivity index is 1.30. The molecule has 5 heteroatoms. The number of ether oxygens (including phenoxy) is 2. The fourth-order valence-electron chi connectivity index (χ4n) is 5.80. The normalized spacial score (nSPS) is 40.8. The van der Waals surface area contributed by atoms with Crippen LogP contribution < -0.4 is 10.6 Å². The van der Waals surface area contributed by atoms with Crippen molar-refractivity contribution in [1.29, 1.82) is 0 Å². The van der Waals surface area contributed by atoms with Crippen molar-refractivity contribution >= 4 is 6.03 Å². The van der Waals surface area contributed by atoms with E-state index in [0.717, 1.165) is 36.5 Å². The van der Waals surface area contributed by atoms with Gasteiger partial charge in [-0.25, -0.2) is 4.79 Å². The third kappa shape index (κ3) is 3.10. The summed E-state index contributed by atoms with van der Waals surface area (Å²) in [6.07, 6.45) is 8.47. The van der Waals surface area contributed by atoms with Crippen LogP contribution in [0.2, 0.25) is 0 Å². The van der Waals surface area contributed by atoms with E-state index in [2.05, 4.69) is 10.6 Å². The number of hydrogen-bond acceptors (Lipinski definition) is 3. The van der Waals surface area contributed by atoms with Crippen molar-refractivity contribution in [2.24, 2.45) is 23.7 Å². The Bertz CT molecular complexity index is 420. The molecule has 5 aliphatic rings. The summed E-state index contributed by atoms with van der Waals surface area (Å²) in [7, 11) is 1.74. The molecule has 0 atom stereocenters. The fourth-order valence-corrected chi connectivity index (χ4v) is 5.80. The summed E-state index contributed by atoms with van der Waals surface area (Å²) in [5.41, 5.74) is -0.250. The zero-order valence-corrected chi connectivity index (χ0v) is 14.2. The van der Waals surface area contributed by atoms with Crippen LogP contribution in [0.4, 0.5) is 4.79 Å². The highest BCUT2D eigenvalue weighted by Crippen LogP contribution is 2.53. The lowest BCUT2D eigenvalue weighted by molar-refractivity contribution is -0.0862. The molecule has 1 saturated heterocycles. The molecule has 0 radical (unpaired) electrons. The number of carbonyl (C=O) groups is 1. The van der Waals surface area contributed by atoms with Gasteiger partial charge in [0.1, 0.15) is 0 Å². The van der Waals surface area contributed by atoms with E-state index in [1.54, 1.807) is 7.11 Å². The number of hydrogen-bond donors (Lipinski definition) is 2. The van der Waals surface area contributed by atoms with Crippen LogP contribution in [-0.4, -0.2) is 44.5 Å². The van der Waals surface area contributed by atoms with Crippen molar-refractivity contribution in [2.45, 2.75) is 56.6 Å². The topological polar surface area (TPSA) is 59.6 Å². The Morgan fingerprint density at radius 2 is 1.70 bits per heavy atom. The van der Waals surface area contributed by atoms with Crippen LogP contribution in [0.25, 0.3) is 0 Å². The van der Waals surface area contributed by atoms with Gasteiger partial charge in [-0.05, 0) is 55.8 Å². The number of urea groups is 1. The first-order valence-electron chi connectivity index (χ1n) is 9.35. The highest BCUT2D eigenvalue weighted by atomic mass is 16.5. The Morgan fingerprint density at radius 1 is 1.09 bits per heavy atom. The molecule has 5 rings (SSSR count). The Labute approximate surface area is 138 Å². The molecule has 0 aromatic heterocycles. The summed E-state index contributed by atoms with van der Waals surface area (Å²) in [4.78, 5) is 12.4. The largest absolute Gasteiger partial charge is 0.381 e. The van der Waals surface area contributed by atoms with Gasteiger partial charge < -0.3 is 20.1 Å². The molecule has 0 aromatic rings. The molecule has 4 saturated carbocycles. The number of nitrogens with one attached hydrogen (secondary N) is 2. The maximum Gasteiger partial charge on any atom is 0.315 e. The average molecular weight is 322 g/mol. The maximum atomic E-state index is 12.4. The second-order valence-electron chi connectivity index (χ2n) is 8.28. The smallest absolute Gasteiger partial charge is 0.315 e. The third-order valence-electron chi connectivity index (χ3n) is 6.93. The first-order chi connectivity index (χ1) is 11.2. The van der Waals surface area contributed by atoms with E-state index >= 15 is 0 Å². The molecule has 2 N–H and O–H groups in total. The first-order valence-corrected chi connectivity index (χ1v) is 9.35. The van der Waals surface area contributed by atoms with Gasteiger partial charge in [0.15, 0.2) is 0 Å². The average Bonchev–Trinajstić information content (AvgIpc) is 2.56. The summed E-state index contributed by atoms with van der Waals surface area (Å²) in [6, 6.07) is 0.390. The molecule has 2 amide bonds. The monoisotopic (exact) mass is 322 g/mol. The summed E-state index contributed by atoms with van der Waals surface area (Å²) >= 11 is 0. The van der Waals surface area contributed by atoms with Crippen molar-refractivity contribution in [3.8, 4) is 0 Å². The number of methoxy groups -OCH3 is 1. The Hall–Kier alpha value is -0.810. The van der Waals surface area contributed by atoms with Crippen LogP contribution >= 0.6 is 0 Å². The van der Waals surface area contributed by atoms with E-state index in [4.69, 9.17) is 9.47 Å². The molecule has 23 heavy (non-hydrogen) atoms. The van der Waals surface area contributed by atoms with Crippen molar-refractivity contribution in [3.63, 3.8) is 0 Å². The number of rotatable bonds is 4. The first kappa shape index (κ1) is 15.7. The minimum absolute atomic E-state index is 0.00890. The predicted octanol–water partition coefficient (Wildman–Crippen LogP) is 2.31. The lowest BCUT2D eigenvalue weighted by Crippen LogP contribution is -2.58. The Kier molecular flexibility index (Phi) is 4.26. The second-order valence-corrected chi connectivity index (χ2v) is 8.28. The van der Waals surface area contributed by atoms with Gasteiger partial charge in [-0.15, -0.1) is 0 Å². The van der Waals surface area contributed by atoms with E-state index in [1.807, 2.05) is 0 Å². The summed E-state index contributed by atoms with van der Waals surface area (Å²) < 4.78 is 11.1. The molecule has 4 aliphatic carbocycles. The maximum absolute atomic E-state index is 12.4. The molecule has 0 unspecified atom stereocenters. The second kappa shape index (κ2) is 6.25. The van der Waals surface area contributed by atoms with Crippen molar-refractivity contribution in [2.75, 3.05) is 26.9 Å². The molecule has 130 valence electrons. The van der Waals surface area contributed by atoms with Gasteiger partial charge in [-0.3, -0.25) is 0 Å². The molecule has 1 heterocycles. The minimum Gasteiger partial charge on any atom is -0.381 e. The van der Waals surface area contributed by atoms with E-state index in [9.17, 15) is 4.79 Å². The zero-order valence-electron chi connectivity index (χ0n) is 14.2. The molecule has 0 spiro atoms. The van der Waals surface area contributed by atoms with E-state index in [0.29, 0.717) is 25.8 Å². The van der Waals surface area contributed by atoms with Crippen molar-refractivity contribution in [1.82, 2.24) is 10.6 Å². The van der Waals surface area contributed by atoms with Crippen LogP contribution in [0.1, 0.15) is 44.9 Å². The summed E-state index contributed by atoms with van der Waals surface area (Å²) in [5, 5.41) is 6.38. The molecule has 5 nitrogen and oxygen atoms in total. The molecule has 0 aromatic carbocycles. The highest BCUT2D eigenvalue weighted by Gasteiger charge is 2.48. The van der Waals surface area contributed by atoms with Gasteiger partial charge in [-0.2, -0.15) is 0 Å². The van der Waals surface area contributed by atoms with Gasteiger partial charge in [0, 0.05) is 45.8 Å². The van der Waals surface area contributed by atoms with E-state index < -0.39 is 0 Å². The van der Waals surface area contributed by atoms with Crippen LogP contribution in [0.5, 0.6) is 0 Å². The minimum atomic E-state index is -0.250.